The summed E-state index contributed by atoms with van der Waals surface area (Å²) in [7, 11) is 1.44. The van der Waals surface area contributed by atoms with Crippen molar-refractivity contribution in [3.63, 3.8) is 0 Å². The van der Waals surface area contributed by atoms with Gasteiger partial charge in [0, 0.05) is 17.7 Å². The van der Waals surface area contributed by atoms with Crippen LogP contribution in [0.15, 0.2) is 18.2 Å². The molecular formula is C8H9NO4. The van der Waals surface area contributed by atoms with Gasteiger partial charge < -0.3 is 9.84 Å². The Labute approximate surface area is 74.7 Å². The fourth-order valence-electron chi connectivity index (χ4n) is 1.00. The lowest BCUT2D eigenvalue weighted by molar-refractivity contribution is -0.385. The monoisotopic (exact) mass is 183 g/mol. The molecule has 0 aliphatic heterocycles. The molecule has 0 aliphatic rings. The third-order valence-corrected chi connectivity index (χ3v) is 1.65. The van der Waals surface area contributed by atoms with E-state index in [2.05, 4.69) is 0 Å². The zero-order valence-electron chi connectivity index (χ0n) is 7.06. The molecule has 0 heterocycles. The molecule has 5 nitrogen and oxygen atoms in total. The Kier molecular flexibility index (Phi) is 2.81. The number of aliphatic hydroxyl groups excluding tert-OH is 1. The van der Waals surface area contributed by atoms with Crippen molar-refractivity contribution in [1.29, 1.82) is 0 Å². The smallest absolute Gasteiger partial charge is 0.270 e. The minimum absolute atomic E-state index is 0.0511. The van der Waals surface area contributed by atoms with Gasteiger partial charge in [0.05, 0.1) is 18.6 Å². The molecule has 0 radical (unpaired) electrons. The Balaban J connectivity index is 3.13. The lowest BCUT2D eigenvalue weighted by Crippen LogP contribution is -1.94. The molecule has 13 heavy (non-hydrogen) atoms. The first-order chi connectivity index (χ1) is 6.19. The standard InChI is InChI=1S/C8H9NO4/c1-13-8-3-2-7(9(11)12)4-6(8)5-10/h2-4,10H,5H2,1H3. The van der Waals surface area contributed by atoms with E-state index in [4.69, 9.17) is 9.84 Å². The quantitative estimate of drug-likeness (QED) is 0.562. The number of aliphatic hydroxyl groups is 1. The van der Waals surface area contributed by atoms with E-state index >= 15 is 0 Å². The van der Waals surface area contributed by atoms with Crippen molar-refractivity contribution in [3.05, 3.63) is 33.9 Å². The molecule has 0 saturated heterocycles. The number of nitro groups is 1. The van der Waals surface area contributed by atoms with Gasteiger partial charge in [-0.25, -0.2) is 0 Å². The molecule has 0 aliphatic carbocycles. The van der Waals surface area contributed by atoms with Gasteiger partial charge in [0.25, 0.3) is 5.69 Å². The zero-order valence-corrected chi connectivity index (χ0v) is 7.06. The molecule has 1 aromatic rings. The maximum Gasteiger partial charge on any atom is 0.270 e. The summed E-state index contributed by atoms with van der Waals surface area (Å²) >= 11 is 0. The van der Waals surface area contributed by atoms with Crippen LogP contribution in [0.2, 0.25) is 0 Å². The molecule has 0 atom stereocenters. The molecule has 5 heteroatoms. The molecule has 0 aromatic heterocycles. The van der Waals surface area contributed by atoms with E-state index < -0.39 is 4.92 Å². The minimum Gasteiger partial charge on any atom is -0.496 e. The highest BCUT2D eigenvalue weighted by Crippen LogP contribution is 2.23. The number of hydrogen-bond acceptors (Lipinski definition) is 4. The van der Waals surface area contributed by atoms with Crippen molar-refractivity contribution in [2.45, 2.75) is 6.61 Å². The number of nitrogens with zero attached hydrogens (tertiary/aromatic N) is 1. The zero-order chi connectivity index (χ0) is 9.84. The Morgan fingerprint density at radius 3 is 2.77 bits per heavy atom. The van der Waals surface area contributed by atoms with E-state index in [0.29, 0.717) is 11.3 Å². The summed E-state index contributed by atoms with van der Waals surface area (Å²) in [6.07, 6.45) is 0. The second-order valence-electron chi connectivity index (χ2n) is 2.41. The van der Waals surface area contributed by atoms with Crippen LogP contribution in [-0.2, 0) is 6.61 Å². The van der Waals surface area contributed by atoms with E-state index in [9.17, 15) is 10.1 Å². The summed E-state index contributed by atoms with van der Waals surface area (Å²) in [4.78, 5) is 9.84. The molecule has 1 N–H and O–H groups in total. The summed E-state index contributed by atoms with van der Waals surface area (Å²) in [6, 6.07) is 4.08. The molecule has 0 fully saturated rings. The van der Waals surface area contributed by atoms with Crippen molar-refractivity contribution in [3.8, 4) is 5.75 Å². The molecule has 1 aromatic carbocycles. The van der Waals surface area contributed by atoms with Gasteiger partial charge in [-0.3, -0.25) is 10.1 Å². The third-order valence-electron chi connectivity index (χ3n) is 1.65. The van der Waals surface area contributed by atoms with Crippen molar-refractivity contribution in [2.75, 3.05) is 7.11 Å². The van der Waals surface area contributed by atoms with Crippen LogP contribution in [0, 0.1) is 10.1 Å². The van der Waals surface area contributed by atoms with E-state index in [1.165, 1.54) is 25.3 Å². The molecule has 0 spiro atoms. The van der Waals surface area contributed by atoms with Crippen LogP contribution in [0.5, 0.6) is 5.75 Å². The van der Waals surface area contributed by atoms with Gasteiger partial charge >= 0.3 is 0 Å². The van der Waals surface area contributed by atoms with E-state index in [-0.39, 0.29) is 12.3 Å². The van der Waals surface area contributed by atoms with Crippen molar-refractivity contribution in [2.24, 2.45) is 0 Å². The molecule has 0 bridgehead atoms. The van der Waals surface area contributed by atoms with Crippen molar-refractivity contribution < 1.29 is 14.8 Å². The fourth-order valence-corrected chi connectivity index (χ4v) is 1.00. The van der Waals surface area contributed by atoms with Crippen LogP contribution in [0.4, 0.5) is 5.69 Å². The highest BCUT2D eigenvalue weighted by molar-refractivity contribution is 5.43. The number of methoxy groups -OCH3 is 1. The number of nitro benzene ring substituents is 1. The van der Waals surface area contributed by atoms with Crippen molar-refractivity contribution in [1.82, 2.24) is 0 Å². The van der Waals surface area contributed by atoms with Gasteiger partial charge in [-0.05, 0) is 6.07 Å². The van der Waals surface area contributed by atoms with Gasteiger partial charge in [0.15, 0.2) is 0 Å². The average Bonchev–Trinajstić information content (AvgIpc) is 2.16. The maximum atomic E-state index is 10.4. The molecule has 0 unspecified atom stereocenters. The molecule has 0 amide bonds. The Hall–Kier alpha value is -1.62. The number of benzene rings is 1. The van der Waals surface area contributed by atoms with Crippen LogP contribution >= 0.6 is 0 Å². The number of non-ortho nitro benzene ring substituents is 1. The number of ether oxygens (including phenoxy) is 1. The van der Waals surface area contributed by atoms with Gasteiger partial charge in [0.1, 0.15) is 5.75 Å². The van der Waals surface area contributed by atoms with Crippen LogP contribution < -0.4 is 4.74 Å². The van der Waals surface area contributed by atoms with Gasteiger partial charge in [-0.15, -0.1) is 0 Å². The summed E-state index contributed by atoms with van der Waals surface area (Å²) in [5.41, 5.74) is 0.363. The van der Waals surface area contributed by atoms with Gasteiger partial charge in [-0.2, -0.15) is 0 Å². The normalized spacial score (nSPS) is 9.69. The number of hydrogen-bond donors (Lipinski definition) is 1. The largest absolute Gasteiger partial charge is 0.496 e. The molecule has 0 saturated carbocycles. The molecule has 70 valence electrons. The van der Waals surface area contributed by atoms with Crippen LogP contribution in [-0.4, -0.2) is 17.1 Å². The lowest BCUT2D eigenvalue weighted by Gasteiger charge is -2.04. The SMILES string of the molecule is COc1ccc([N+](=O)[O-])cc1CO. The van der Waals surface area contributed by atoms with Gasteiger partial charge in [-0.1, -0.05) is 0 Å². The summed E-state index contributed by atoms with van der Waals surface area (Å²) in [5, 5.41) is 19.2. The van der Waals surface area contributed by atoms with E-state index in [0.717, 1.165) is 0 Å². The van der Waals surface area contributed by atoms with Crippen LogP contribution in [0.25, 0.3) is 0 Å². The first-order valence-electron chi connectivity index (χ1n) is 3.61. The Morgan fingerprint density at radius 1 is 1.62 bits per heavy atom. The predicted octanol–water partition coefficient (Wildman–Crippen LogP) is 1.10. The topological polar surface area (TPSA) is 72.6 Å². The Bertz CT molecular complexity index is 324. The van der Waals surface area contributed by atoms with E-state index in [1.54, 1.807) is 0 Å². The van der Waals surface area contributed by atoms with Crippen molar-refractivity contribution >= 4 is 5.69 Å². The first-order valence-corrected chi connectivity index (χ1v) is 3.61. The maximum absolute atomic E-state index is 10.4. The number of rotatable bonds is 3. The van der Waals surface area contributed by atoms with E-state index in [1.807, 2.05) is 0 Å². The third kappa shape index (κ3) is 1.94. The lowest BCUT2D eigenvalue weighted by atomic mass is 10.2. The van der Waals surface area contributed by atoms with Crippen LogP contribution in [0.1, 0.15) is 5.56 Å². The first kappa shape index (κ1) is 9.47. The molecule has 1 rings (SSSR count). The second-order valence-corrected chi connectivity index (χ2v) is 2.41. The minimum atomic E-state index is -0.515. The highest BCUT2D eigenvalue weighted by atomic mass is 16.6. The van der Waals surface area contributed by atoms with Gasteiger partial charge in [0.2, 0.25) is 0 Å². The Morgan fingerprint density at radius 2 is 2.31 bits per heavy atom. The summed E-state index contributed by atoms with van der Waals surface area (Å²) in [6.45, 7) is -0.273. The summed E-state index contributed by atoms with van der Waals surface area (Å²) in [5.74, 6) is 0.452. The second kappa shape index (κ2) is 3.86. The molecular weight excluding hydrogens is 174 g/mol. The average molecular weight is 183 g/mol. The van der Waals surface area contributed by atoms with Crippen LogP contribution in [0.3, 0.4) is 0 Å². The fraction of sp³-hybridized carbons (Fsp3) is 0.250. The summed E-state index contributed by atoms with van der Waals surface area (Å²) < 4.78 is 4.89. The predicted molar refractivity (Wildman–Crippen MR) is 45.6 cm³/mol. The highest BCUT2D eigenvalue weighted by Gasteiger charge is 2.09.